The molecule has 148 valence electrons. The van der Waals surface area contributed by atoms with Crippen molar-refractivity contribution >= 4 is 17.3 Å². The zero-order valence-electron chi connectivity index (χ0n) is 16.2. The molecule has 1 fully saturated rings. The Hall–Kier alpha value is -3.58. The molecule has 4 aromatic heterocycles. The van der Waals surface area contributed by atoms with E-state index in [4.69, 9.17) is 12.2 Å². The number of hydrogen-bond acceptors (Lipinski definition) is 4. The minimum atomic E-state index is -0.0640. The zero-order chi connectivity index (χ0) is 20.3. The highest BCUT2D eigenvalue weighted by atomic mass is 32.1. The molecule has 0 unspecified atom stereocenters. The fourth-order valence-electron chi connectivity index (χ4n) is 3.95. The van der Waals surface area contributed by atoms with E-state index in [2.05, 4.69) is 54.1 Å². The minimum Gasteiger partial charge on any atom is -0.352 e. The van der Waals surface area contributed by atoms with Crippen molar-refractivity contribution in [2.45, 2.75) is 18.6 Å². The largest absolute Gasteiger partial charge is 0.352 e. The smallest absolute Gasteiger partial charge is 0.170 e. The summed E-state index contributed by atoms with van der Waals surface area (Å²) in [5.74, 6) is 0. The summed E-state index contributed by atoms with van der Waals surface area (Å²) in [6.45, 7) is 0.681. The normalized spacial score (nSPS) is 18.4. The Morgan fingerprint density at radius 2 is 1.80 bits per heavy atom. The number of pyridine rings is 3. The SMILES string of the molecule is S=C1N[C@@H](c2ccccn2)[C@H](c2cccn2-c2cccnc2)N1Cc1ccncc1. The lowest BCUT2D eigenvalue weighted by Crippen LogP contribution is -2.30. The first-order chi connectivity index (χ1) is 14.8. The average Bonchev–Trinajstić information content (AvgIpc) is 3.40. The van der Waals surface area contributed by atoms with Gasteiger partial charge < -0.3 is 14.8 Å². The van der Waals surface area contributed by atoms with Crippen LogP contribution in [0.2, 0.25) is 0 Å². The van der Waals surface area contributed by atoms with Crippen molar-refractivity contribution in [1.29, 1.82) is 0 Å². The van der Waals surface area contributed by atoms with Crippen molar-refractivity contribution in [3.05, 3.63) is 109 Å². The highest BCUT2D eigenvalue weighted by molar-refractivity contribution is 7.80. The molecule has 0 spiro atoms. The first kappa shape index (κ1) is 18.4. The number of nitrogens with one attached hydrogen (secondary N) is 1. The average molecular weight is 413 g/mol. The highest BCUT2D eigenvalue weighted by Crippen LogP contribution is 2.40. The quantitative estimate of drug-likeness (QED) is 0.503. The van der Waals surface area contributed by atoms with E-state index < -0.39 is 0 Å². The molecule has 0 aromatic carbocycles. The third-order valence-electron chi connectivity index (χ3n) is 5.31. The van der Waals surface area contributed by atoms with Crippen LogP contribution in [0.4, 0.5) is 0 Å². The van der Waals surface area contributed by atoms with Crippen LogP contribution in [0.15, 0.2) is 91.8 Å². The molecule has 0 amide bonds. The Morgan fingerprint density at radius 1 is 0.900 bits per heavy atom. The third kappa shape index (κ3) is 3.44. The van der Waals surface area contributed by atoms with Gasteiger partial charge in [-0.1, -0.05) is 6.07 Å². The predicted octanol–water partition coefficient (Wildman–Crippen LogP) is 3.84. The van der Waals surface area contributed by atoms with E-state index in [-0.39, 0.29) is 12.1 Å². The fraction of sp³-hybridized carbons (Fsp3) is 0.130. The number of nitrogens with zero attached hydrogens (tertiary/aromatic N) is 5. The van der Waals surface area contributed by atoms with Gasteiger partial charge in [0, 0.05) is 43.2 Å². The molecule has 0 radical (unpaired) electrons. The molecule has 5 rings (SSSR count). The minimum absolute atomic E-state index is 0.0317. The molecule has 7 heteroatoms. The Balaban J connectivity index is 1.60. The second-order valence-corrected chi connectivity index (χ2v) is 7.51. The summed E-state index contributed by atoms with van der Waals surface area (Å²) in [6, 6.07) is 18.1. The van der Waals surface area contributed by atoms with Crippen molar-refractivity contribution in [1.82, 2.24) is 29.7 Å². The molecule has 5 heterocycles. The molecule has 1 aliphatic heterocycles. The lowest BCUT2D eigenvalue weighted by molar-refractivity contribution is 0.302. The summed E-state index contributed by atoms with van der Waals surface area (Å²) in [7, 11) is 0. The fourth-order valence-corrected chi connectivity index (χ4v) is 4.25. The highest BCUT2D eigenvalue weighted by Gasteiger charge is 2.41. The number of thiocarbonyl (C=S) groups is 1. The number of rotatable bonds is 5. The van der Waals surface area contributed by atoms with Crippen LogP contribution in [0.1, 0.15) is 29.0 Å². The molecule has 0 aliphatic carbocycles. The molecule has 0 saturated carbocycles. The van der Waals surface area contributed by atoms with Crippen molar-refractivity contribution in [3.8, 4) is 5.69 Å². The summed E-state index contributed by atoms with van der Waals surface area (Å²) in [6.07, 6.45) is 11.2. The van der Waals surface area contributed by atoms with Crippen LogP contribution >= 0.6 is 12.2 Å². The van der Waals surface area contributed by atoms with Gasteiger partial charge in [0.25, 0.3) is 0 Å². The Bertz CT molecular complexity index is 1130. The molecular weight excluding hydrogens is 392 g/mol. The van der Waals surface area contributed by atoms with Gasteiger partial charge in [0.2, 0.25) is 0 Å². The van der Waals surface area contributed by atoms with E-state index >= 15 is 0 Å². The van der Waals surface area contributed by atoms with Crippen LogP contribution in [0.3, 0.4) is 0 Å². The molecule has 4 aromatic rings. The Labute approximate surface area is 180 Å². The van der Waals surface area contributed by atoms with Crippen molar-refractivity contribution in [3.63, 3.8) is 0 Å². The number of hydrogen-bond donors (Lipinski definition) is 1. The molecule has 2 atom stereocenters. The maximum absolute atomic E-state index is 5.78. The second kappa shape index (κ2) is 8.04. The standard InChI is InChI=1S/C23H20N6S/c30-23-27-21(19-6-1-2-11-26-19)22(29(23)16-17-8-12-24-13-9-17)20-7-4-14-28(20)18-5-3-10-25-15-18/h1-15,21-22H,16H2,(H,27,30)/t21-,22-/m0/s1. The van der Waals surface area contributed by atoms with Gasteiger partial charge in [-0.05, 0) is 66.3 Å². The van der Waals surface area contributed by atoms with Gasteiger partial charge in [-0.2, -0.15) is 0 Å². The van der Waals surface area contributed by atoms with Gasteiger partial charge in [0.15, 0.2) is 5.11 Å². The molecule has 1 aliphatic rings. The lowest BCUT2D eigenvalue weighted by Gasteiger charge is -2.29. The summed E-state index contributed by atoms with van der Waals surface area (Å²) >= 11 is 5.78. The predicted molar refractivity (Wildman–Crippen MR) is 119 cm³/mol. The van der Waals surface area contributed by atoms with E-state index in [9.17, 15) is 0 Å². The Kier molecular flexibility index (Phi) is 4.94. The van der Waals surface area contributed by atoms with Gasteiger partial charge in [0.1, 0.15) is 0 Å². The summed E-state index contributed by atoms with van der Waals surface area (Å²) in [5.41, 5.74) is 4.25. The summed E-state index contributed by atoms with van der Waals surface area (Å²) < 4.78 is 2.17. The van der Waals surface area contributed by atoms with Gasteiger partial charge >= 0.3 is 0 Å². The summed E-state index contributed by atoms with van der Waals surface area (Å²) in [4.78, 5) is 15.3. The zero-order valence-corrected chi connectivity index (χ0v) is 17.0. The molecule has 1 saturated heterocycles. The molecule has 0 bridgehead atoms. The van der Waals surface area contributed by atoms with Gasteiger partial charge in [0.05, 0.1) is 29.7 Å². The van der Waals surface area contributed by atoms with Crippen molar-refractivity contribution in [2.75, 3.05) is 0 Å². The van der Waals surface area contributed by atoms with Gasteiger partial charge in [-0.15, -0.1) is 0 Å². The van der Waals surface area contributed by atoms with E-state index in [1.54, 1.807) is 6.20 Å². The first-order valence-electron chi connectivity index (χ1n) is 9.76. The van der Waals surface area contributed by atoms with Crippen LogP contribution in [0, 0.1) is 0 Å². The summed E-state index contributed by atoms with van der Waals surface area (Å²) in [5, 5.41) is 4.22. The van der Waals surface area contributed by atoms with Crippen molar-refractivity contribution in [2.24, 2.45) is 0 Å². The van der Waals surface area contributed by atoms with E-state index in [0.717, 1.165) is 22.6 Å². The van der Waals surface area contributed by atoms with Crippen LogP contribution in [0.25, 0.3) is 5.69 Å². The monoisotopic (exact) mass is 412 g/mol. The number of aromatic nitrogens is 4. The lowest BCUT2D eigenvalue weighted by atomic mass is 10.0. The van der Waals surface area contributed by atoms with Gasteiger partial charge in [-0.3, -0.25) is 15.0 Å². The Morgan fingerprint density at radius 3 is 2.57 bits per heavy atom. The second-order valence-electron chi connectivity index (χ2n) is 7.12. The maximum Gasteiger partial charge on any atom is 0.170 e. The molecular formula is C23H20N6S. The van der Waals surface area contributed by atoms with Crippen LogP contribution in [0.5, 0.6) is 0 Å². The molecule has 1 N–H and O–H groups in total. The van der Waals surface area contributed by atoms with E-state index in [1.165, 1.54) is 0 Å². The van der Waals surface area contributed by atoms with Crippen LogP contribution < -0.4 is 5.32 Å². The van der Waals surface area contributed by atoms with Crippen LogP contribution in [-0.4, -0.2) is 29.5 Å². The molecule has 30 heavy (non-hydrogen) atoms. The maximum atomic E-state index is 5.78. The van der Waals surface area contributed by atoms with Crippen molar-refractivity contribution < 1.29 is 0 Å². The topological polar surface area (TPSA) is 58.9 Å². The third-order valence-corrected chi connectivity index (χ3v) is 5.66. The van der Waals surface area contributed by atoms with Crippen LogP contribution in [-0.2, 0) is 6.54 Å². The van der Waals surface area contributed by atoms with Gasteiger partial charge in [-0.25, -0.2) is 0 Å². The molecule has 6 nitrogen and oxygen atoms in total. The first-order valence-corrected chi connectivity index (χ1v) is 10.2. The van der Waals surface area contributed by atoms with E-state index in [1.807, 2.05) is 61.2 Å². The van der Waals surface area contributed by atoms with E-state index in [0.29, 0.717) is 11.7 Å².